The smallest absolute Gasteiger partial charge is 0.321 e. The van der Waals surface area contributed by atoms with Gasteiger partial charge >= 0.3 is 11.9 Å². The number of aliphatic carboxylic acids is 2. The molecule has 0 unspecified atom stereocenters. The average Bonchev–Trinajstić information content (AvgIpc) is 2.53. The number of hydrogen-bond acceptors (Lipinski definition) is 3. The number of rotatable bonds is 6. The predicted octanol–water partition coefficient (Wildman–Crippen LogP) is 2.36. The molecule has 0 aromatic heterocycles. The van der Waals surface area contributed by atoms with E-state index in [9.17, 15) is 19.8 Å². The number of methoxy groups -OCH3 is 1. The van der Waals surface area contributed by atoms with Crippen LogP contribution in [0.4, 0.5) is 0 Å². The maximum absolute atomic E-state index is 11.6. The molecule has 0 atom stereocenters. The molecule has 0 saturated carbocycles. The second-order valence-corrected chi connectivity index (χ2v) is 4.78. The Kier molecular flexibility index (Phi) is 4.58. The third-order valence-corrected chi connectivity index (χ3v) is 3.63. The molecule has 0 spiro atoms. The highest BCUT2D eigenvalue weighted by Gasteiger charge is 2.51. The maximum atomic E-state index is 11.6. The van der Waals surface area contributed by atoms with Crippen molar-refractivity contribution in [2.45, 2.75) is 5.60 Å². The number of ether oxygens (including phenoxy) is 1. The summed E-state index contributed by atoms with van der Waals surface area (Å²) in [5, 5.41) is 18.9. The molecular formula is C17H16O5. The molecule has 0 fully saturated rings. The second kappa shape index (κ2) is 6.41. The van der Waals surface area contributed by atoms with E-state index in [1.54, 1.807) is 60.7 Å². The summed E-state index contributed by atoms with van der Waals surface area (Å²) in [7, 11) is 1.32. The van der Waals surface area contributed by atoms with Crippen LogP contribution in [0.5, 0.6) is 0 Å². The van der Waals surface area contributed by atoms with Crippen molar-refractivity contribution >= 4 is 11.9 Å². The summed E-state index contributed by atoms with van der Waals surface area (Å²) in [5.74, 6) is -4.69. The van der Waals surface area contributed by atoms with Crippen LogP contribution in [-0.2, 0) is 19.9 Å². The number of benzene rings is 2. The fourth-order valence-corrected chi connectivity index (χ4v) is 2.68. The minimum atomic E-state index is -1.78. The number of carbonyl (C=O) groups is 2. The first-order valence-corrected chi connectivity index (χ1v) is 6.66. The molecule has 5 heteroatoms. The van der Waals surface area contributed by atoms with Gasteiger partial charge in [0.2, 0.25) is 0 Å². The van der Waals surface area contributed by atoms with Crippen molar-refractivity contribution in [2.75, 3.05) is 7.11 Å². The highest BCUT2D eigenvalue weighted by atomic mass is 16.5. The maximum Gasteiger partial charge on any atom is 0.321 e. The van der Waals surface area contributed by atoms with Gasteiger partial charge in [0.05, 0.1) is 0 Å². The first kappa shape index (κ1) is 15.7. The van der Waals surface area contributed by atoms with Crippen molar-refractivity contribution in [3.8, 4) is 0 Å². The van der Waals surface area contributed by atoms with Gasteiger partial charge in [-0.05, 0) is 11.1 Å². The van der Waals surface area contributed by atoms with E-state index in [0.717, 1.165) is 0 Å². The van der Waals surface area contributed by atoms with Gasteiger partial charge in [-0.15, -0.1) is 0 Å². The molecule has 114 valence electrons. The third kappa shape index (κ3) is 2.58. The van der Waals surface area contributed by atoms with Crippen molar-refractivity contribution in [3.63, 3.8) is 0 Å². The molecule has 2 N–H and O–H groups in total. The quantitative estimate of drug-likeness (QED) is 0.800. The van der Waals surface area contributed by atoms with E-state index >= 15 is 0 Å². The van der Waals surface area contributed by atoms with E-state index in [1.165, 1.54) is 7.11 Å². The van der Waals surface area contributed by atoms with Gasteiger partial charge in [-0.2, -0.15) is 0 Å². The van der Waals surface area contributed by atoms with Crippen LogP contribution in [0.1, 0.15) is 11.1 Å². The summed E-state index contributed by atoms with van der Waals surface area (Å²) >= 11 is 0. The lowest BCUT2D eigenvalue weighted by molar-refractivity contribution is -0.168. The molecule has 22 heavy (non-hydrogen) atoms. The van der Waals surface area contributed by atoms with E-state index in [1.807, 2.05) is 0 Å². The summed E-state index contributed by atoms with van der Waals surface area (Å²) in [5.41, 5.74) is -0.669. The number of carboxylic acids is 2. The lowest BCUT2D eigenvalue weighted by Crippen LogP contribution is -2.47. The summed E-state index contributed by atoms with van der Waals surface area (Å²) in [6.07, 6.45) is 0. The van der Waals surface area contributed by atoms with Crippen LogP contribution in [0.2, 0.25) is 0 Å². The van der Waals surface area contributed by atoms with E-state index in [-0.39, 0.29) is 0 Å². The molecule has 0 saturated heterocycles. The van der Waals surface area contributed by atoms with Crippen LogP contribution in [0.3, 0.4) is 0 Å². The molecule has 0 heterocycles. The van der Waals surface area contributed by atoms with Gasteiger partial charge in [-0.1, -0.05) is 60.7 Å². The minimum absolute atomic E-state index is 0.471. The Morgan fingerprint density at radius 2 is 1.23 bits per heavy atom. The van der Waals surface area contributed by atoms with E-state index < -0.39 is 23.5 Å². The standard InChI is InChI=1S/C17H16O5/c1-22-17(12-8-4-2-5-9-12,13-10-6-3-7-11-13)14(15(18)19)16(20)21/h2-11,14H,1H3,(H,18,19)(H,20,21). The van der Waals surface area contributed by atoms with Gasteiger partial charge in [0.15, 0.2) is 5.92 Å². The molecule has 0 aliphatic rings. The minimum Gasteiger partial charge on any atom is -0.480 e. The Bertz CT molecular complexity index is 598. The summed E-state index contributed by atoms with van der Waals surface area (Å²) < 4.78 is 5.53. The molecule has 2 aromatic rings. The van der Waals surface area contributed by atoms with Crippen LogP contribution in [0, 0.1) is 5.92 Å². The second-order valence-electron chi connectivity index (χ2n) is 4.78. The monoisotopic (exact) mass is 300 g/mol. The van der Waals surface area contributed by atoms with Crippen LogP contribution in [-0.4, -0.2) is 29.3 Å². The van der Waals surface area contributed by atoms with Gasteiger partial charge < -0.3 is 14.9 Å². The Balaban J connectivity index is 2.78. The molecule has 0 amide bonds. The lowest BCUT2D eigenvalue weighted by atomic mass is 9.75. The summed E-state index contributed by atoms with van der Waals surface area (Å²) in [6.45, 7) is 0. The average molecular weight is 300 g/mol. The normalized spacial score (nSPS) is 11.4. The summed E-state index contributed by atoms with van der Waals surface area (Å²) in [6, 6.07) is 17.0. The fraction of sp³-hybridized carbons (Fsp3) is 0.176. The molecule has 0 bridgehead atoms. The zero-order chi connectivity index (χ0) is 16.2. The van der Waals surface area contributed by atoms with Crippen molar-refractivity contribution in [2.24, 2.45) is 5.92 Å². The van der Waals surface area contributed by atoms with Gasteiger partial charge in [0.25, 0.3) is 0 Å². The molecular weight excluding hydrogens is 284 g/mol. The Morgan fingerprint density at radius 1 is 0.864 bits per heavy atom. The van der Waals surface area contributed by atoms with E-state index in [0.29, 0.717) is 11.1 Å². The highest BCUT2D eigenvalue weighted by Crippen LogP contribution is 2.40. The molecule has 0 aliphatic carbocycles. The van der Waals surface area contributed by atoms with E-state index in [2.05, 4.69) is 0 Å². The third-order valence-electron chi connectivity index (χ3n) is 3.63. The van der Waals surface area contributed by atoms with Crippen molar-refractivity contribution in [3.05, 3.63) is 71.8 Å². The number of hydrogen-bond donors (Lipinski definition) is 2. The molecule has 0 radical (unpaired) electrons. The first-order valence-electron chi connectivity index (χ1n) is 6.66. The van der Waals surface area contributed by atoms with E-state index in [4.69, 9.17) is 4.74 Å². The molecule has 2 aromatic carbocycles. The van der Waals surface area contributed by atoms with Gasteiger partial charge in [-0.25, -0.2) is 0 Å². The highest BCUT2D eigenvalue weighted by molar-refractivity contribution is 5.95. The Hall–Kier alpha value is -2.66. The topological polar surface area (TPSA) is 83.8 Å². The van der Waals surface area contributed by atoms with Crippen LogP contribution in [0.15, 0.2) is 60.7 Å². The van der Waals surface area contributed by atoms with Crippen LogP contribution < -0.4 is 0 Å². The zero-order valence-electron chi connectivity index (χ0n) is 12.0. The van der Waals surface area contributed by atoms with Gasteiger partial charge in [-0.3, -0.25) is 9.59 Å². The van der Waals surface area contributed by atoms with Crippen molar-refractivity contribution in [1.29, 1.82) is 0 Å². The Morgan fingerprint density at radius 3 is 1.50 bits per heavy atom. The van der Waals surface area contributed by atoms with Crippen molar-refractivity contribution < 1.29 is 24.5 Å². The molecule has 5 nitrogen and oxygen atoms in total. The number of carboxylic acid groups (broad SMARTS) is 2. The van der Waals surface area contributed by atoms with Gasteiger partial charge in [0, 0.05) is 7.11 Å². The van der Waals surface area contributed by atoms with Gasteiger partial charge in [0.1, 0.15) is 5.60 Å². The predicted molar refractivity (Wildman–Crippen MR) is 79.4 cm³/mol. The first-order chi connectivity index (χ1) is 10.5. The van der Waals surface area contributed by atoms with Crippen LogP contribution >= 0.6 is 0 Å². The van der Waals surface area contributed by atoms with Crippen molar-refractivity contribution in [1.82, 2.24) is 0 Å². The lowest BCUT2D eigenvalue weighted by Gasteiger charge is -2.36. The zero-order valence-corrected chi connectivity index (χ0v) is 12.0. The largest absolute Gasteiger partial charge is 0.480 e. The molecule has 2 rings (SSSR count). The Labute approximate surface area is 127 Å². The summed E-state index contributed by atoms with van der Waals surface area (Å²) in [4.78, 5) is 23.3. The van der Waals surface area contributed by atoms with Crippen LogP contribution in [0.25, 0.3) is 0 Å². The molecule has 0 aliphatic heterocycles. The SMILES string of the molecule is COC(c1ccccc1)(c1ccccc1)C(C(=O)O)C(=O)O. The fourth-order valence-electron chi connectivity index (χ4n) is 2.68.